The summed E-state index contributed by atoms with van der Waals surface area (Å²) in [6, 6.07) is 13.2. The van der Waals surface area contributed by atoms with E-state index in [-0.39, 0.29) is 22.6 Å². The zero-order valence-corrected chi connectivity index (χ0v) is 21.1. The molecule has 0 radical (unpaired) electrons. The lowest BCUT2D eigenvalue weighted by Crippen LogP contribution is -2.32. The summed E-state index contributed by atoms with van der Waals surface area (Å²) >= 11 is 5.91. The molecule has 0 unspecified atom stereocenters. The van der Waals surface area contributed by atoms with Gasteiger partial charge in [-0.05, 0) is 43.3 Å². The molecule has 0 bridgehead atoms. The average molecular weight is 531 g/mol. The highest BCUT2D eigenvalue weighted by molar-refractivity contribution is 7.93. The molecule has 0 spiro atoms. The first-order valence-corrected chi connectivity index (χ1v) is 12.6. The monoisotopic (exact) mass is 530 g/mol. The summed E-state index contributed by atoms with van der Waals surface area (Å²) in [6.07, 6.45) is 1.71. The van der Waals surface area contributed by atoms with Gasteiger partial charge >= 0.3 is 0 Å². The minimum Gasteiger partial charge on any atom is -0.494 e. The van der Waals surface area contributed by atoms with Crippen LogP contribution in [0.5, 0.6) is 11.5 Å². The number of pyridine rings is 2. The number of nitrogens with zero attached hydrogens (tertiary/aromatic N) is 5. The third kappa shape index (κ3) is 4.96. The Morgan fingerprint density at radius 2 is 1.72 bits per heavy atom. The molecular formula is C23H23ClN6O5S. The van der Waals surface area contributed by atoms with Gasteiger partial charge in [0, 0.05) is 18.0 Å². The van der Waals surface area contributed by atoms with Crippen LogP contribution in [0.3, 0.4) is 0 Å². The van der Waals surface area contributed by atoms with Crippen LogP contribution < -0.4 is 14.2 Å². The quantitative estimate of drug-likeness (QED) is 0.312. The molecule has 4 aromatic rings. The first-order chi connectivity index (χ1) is 17.3. The molecule has 2 atom stereocenters. The third-order valence-corrected chi connectivity index (χ3v) is 7.33. The number of para-hydroxylation sites is 1. The van der Waals surface area contributed by atoms with Crippen molar-refractivity contribution >= 4 is 27.6 Å². The van der Waals surface area contributed by atoms with E-state index in [1.807, 2.05) is 0 Å². The van der Waals surface area contributed by atoms with E-state index in [2.05, 4.69) is 24.9 Å². The maximum Gasteiger partial charge on any atom is 0.243 e. The third-order valence-electron chi connectivity index (χ3n) is 5.42. The fourth-order valence-electron chi connectivity index (χ4n) is 3.52. The van der Waals surface area contributed by atoms with E-state index in [9.17, 15) is 13.5 Å². The summed E-state index contributed by atoms with van der Waals surface area (Å²) in [5.41, 5.74) is 1.05. The topological polar surface area (TPSA) is 141 Å². The van der Waals surface area contributed by atoms with Crippen LogP contribution in [-0.2, 0) is 10.0 Å². The molecule has 0 aliphatic rings. The number of ether oxygens (including phenoxy) is 2. The molecule has 11 nitrogen and oxygen atoms in total. The lowest BCUT2D eigenvalue weighted by Gasteiger charge is -2.21. The Bertz CT molecular complexity index is 1440. The molecule has 13 heteroatoms. The molecular weight excluding hydrogens is 508 g/mol. The summed E-state index contributed by atoms with van der Waals surface area (Å²) in [4.78, 5) is 8.14. The largest absolute Gasteiger partial charge is 0.494 e. The molecule has 3 heterocycles. The zero-order chi connectivity index (χ0) is 25.9. The number of halogens is 1. The zero-order valence-electron chi connectivity index (χ0n) is 19.5. The number of nitrogens with one attached hydrogen (secondary N) is 1. The van der Waals surface area contributed by atoms with Gasteiger partial charge in [0.15, 0.2) is 5.82 Å². The number of aromatic nitrogens is 5. The Morgan fingerprint density at radius 3 is 2.33 bits per heavy atom. The van der Waals surface area contributed by atoms with Gasteiger partial charge in [-0.25, -0.2) is 13.4 Å². The lowest BCUT2D eigenvalue weighted by molar-refractivity contribution is 0.171. The second-order valence-corrected chi connectivity index (χ2v) is 10.0. The number of hydrogen-bond acceptors (Lipinski definition) is 9. The van der Waals surface area contributed by atoms with Crippen LogP contribution in [0, 0.1) is 0 Å². The predicted molar refractivity (Wildman–Crippen MR) is 134 cm³/mol. The predicted octanol–water partition coefficient (Wildman–Crippen LogP) is 3.26. The van der Waals surface area contributed by atoms with Gasteiger partial charge in [0.2, 0.25) is 16.0 Å². The van der Waals surface area contributed by atoms with E-state index in [1.54, 1.807) is 48.8 Å². The van der Waals surface area contributed by atoms with E-state index in [4.69, 9.17) is 21.1 Å². The number of aliphatic hydroxyl groups excluding tert-OH is 1. The Morgan fingerprint density at radius 1 is 1.03 bits per heavy atom. The van der Waals surface area contributed by atoms with E-state index in [0.29, 0.717) is 22.7 Å². The Kier molecular flexibility index (Phi) is 7.38. The molecule has 4 rings (SSSR count). The van der Waals surface area contributed by atoms with E-state index >= 15 is 0 Å². The number of rotatable bonds is 9. The van der Waals surface area contributed by atoms with Crippen LogP contribution in [0.15, 0.2) is 60.9 Å². The van der Waals surface area contributed by atoms with Crippen LogP contribution in [-0.4, -0.2) is 57.7 Å². The molecule has 0 aliphatic carbocycles. The highest BCUT2D eigenvalue weighted by atomic mass is 35.5. The minimum atomic E-state index is -4.22. The fraction of sp³-hybridized carbons (Fsp3) is 0.217. The maximum atomic E-state index is 13.4. The van der Waals surface area contributed by atoms with Crippen molar-refractivity contribution in [2.75, 3.05) is 18.9 Å². The first kappa shape index (κ1) is 25.4. The molecule has 36 heavy (non-hydrogen) atoms. The molecule has 0 amide bonds. The second-order valence-electron chi connectivity index (χ2n) is 7.62. The number of benzene rings is 1. The first-order valence-electron chi connectivity index (χ1n) is 10.7. The molecule has 188 valence electrons. The van der Waals surface area contributed by atoms with Gasteiger partial charge in [-0.2, -0.15) is 0 Å². The highest BCUT2D eigenvalue weighted by Crippen LogP contribution is 2.38. The molecule has 0 aliphatic heterocycles. The van der Waals surface area contributed by atoms with Crippen LogP contribution in [0.1, 0.15) is 18.7 Å². The molecule has 3 aromatic heterocycles. The van der Waals surface area contributed by atoms with Gasteiger partial charge in [0.05, 0.1) is 19.9 Å². The minimum absolute atomic E-state index is 0.115. The van der Waals surface area contributed by atoms with Crippen molar-refractivity contribution < 1.29 is 23.0 Å². The SMILES string of the molecule is COc1cccc(OC)c1-n1c(NS(=O)(=O)[C@H](C)[C@H](O)c2cccc(Cl)n2)nnc1-c1cccnc1. The number of anilines is 1. The number of sulfonamides is 1. The smallest absolute Gasteiger partial charge is 0.243 e. The summed E-state index contributed by atoms with van der Waals surface area (Å²) in [5, 5.41) is 17.9. The highest BCUT2D eigenvalue weighted by Gasteiger charge is 2.33. The second kappa shape index (κ2) is 10.5. The van der Waals surface area contributed by atoms with E-state index < -0.39 is 21.4 Å². The number of aliphatic hydroxyl groups is 1. The van der Waals surface area contributed by atoms with Crippen molar-refractivity contribution in [1.82, 2.24) is 24.7 Å². The van der Waals surface area contributed by atoms with Crippen molar-refractivity contribution in [3.05, 3.63) is 71.8 Å². The molecule has 0 saturated heterocycles. The van der Waals surface area contributed by atoms with Gasteiger partial charge in [-0.15, -0.1) is 10.2 Å². The van der Waals surface area contributed by atoms with Gasteiger partial charge in [0.25, 0.3) is 0 Å². The van der Waals surface area contributed by atoms with Crippen LogP contribution in [0.25, 0.3) is 17.1 Å². The van der Waals surface area contributed by atoms with Crippen molar-refractivity contribution in [2.24, 2.45) is 0 Å². The van der Waals surface area contributed by atoms with E-state index in [0.717, 1.165) is 0 Å². The standard InChI is InChI=1S/C23H23ClN6O5S/c1-14(21(31)16-8-4-11-19(24)26-16)36(32,33)29-23-28-27-22(15-7-6-12-25-13-15)30(23)20-17(34-2)9-5-10-18(20)35-3/h4-14,21,31H,1-3H3,(H,28,29)/t14-,21+/m1/s1. The summed E-state index contributed by atoms with van der Waals surface area (Å²) in [5.74, 6) is 0.912. The lowest BCUT2D eigenvalue weighted by atomic mass is 10.2. The van der Waals surface area contributed by atoms with Crippen molar-refractivity contribution in [3.63, 3.8) is 0 Å². The van der Waals surface area contributed by atoms with Gasteiger partial charge in [-0.1, -0.05) is 23.7 Å². The van der Waals surface area contributed by atoms with Crippen molar-refractivity contribution in [1.29, 1.82) is 0 Å². The molecule has 0 saturated carbocycles. The summed E-state index contributed by atoms with van der Waals surface area (Å²) in [7, 11) is -1.26. The van der Waals surface area contributed by atoms with Crippen LogP contribution in [0.4, 0.5) is 5.95 Å². The number of methoxy groups -OCH3 is 2. The Balaban J connectivity index is 1.82. The Labute approximate surface area is 212 Å². The normalized spacial score (nSPS) is 13.1. The van der Waals surface area contributed by atoms with Crippen LogP contribution in [0.2, 0.25) is 5.15 Å². The van der Waals surface area contributed by atoms with Gasteiger partial charge < -0.3 is 14.6 Å². The average Bonchev–Trinajstić information content (AvgIpc) is 3.29. The Hall–Kier alpha value is -3.74. The fourth-order valence-corrected chi connectivity index (χ4v) is 4.74. The van der Waals surface area contributed by atoms with Gasteiger partial charge in [0.1, 0.15) is 33.7 Å². The molecule has 2 N–H and O–H groups in total. The van der Waals surface area contributed by atoms with Crippen molar-refractivity contribution in [3.8, 4) is 28.6 Å². The number of hydrogen-bond donors (Lipinski definition) is 2. The summed E-state index contributed by atoms with van der Waals surface area (Å²) in [6.45, 7) is 1.35. The summed E-state index contributed by atoms with van der Waals surface area (Å²) < 4.78 is 41.7. The van der Waals surface area contributed by atoms with Gasteiger partial charge in [-0.3, -0.25) is 14.3 Å². The van der Waals surface area contributed by atoms with Crippen LogP contribution >= 0.6 is 11.6 Å². The maximum absolute atomic E-state index is 13.4. The van der Waals surface area contributed by atoms with Crippen molar-refractivity contribution in [2.45, 2.75) is 18.3 Å². The molecule has 1 aromatic carbocycles. The molecule has 0 fully saturated rings. The van der Waals surface area contributed by atoms with E-state index in [1.165, 1.54) is 37.8 Å².